The number of hydrogen-bond acceptors (Lipinski definition) is 5. The third-order valence-electron chi connectivity index (χ3n) is 3.74. The van der Waals surface area contributed by atoms with Crippen LogP contribution in [0.4, 0.5) is 4.79 Å². The fourth-order valence-corrected chi connectivity index (χ4v) is 2.57. The molecule has 7 heteroatoms. The van der Waals surface area contributed by atoms with Crippen LogP contribution in [0.25, 0.3) is 0 Å². The molecule has 0 aliphatic carbocycles. The molecule has 0 radical (unpaired) electrons. The van der Waals surface area contributed by atoms with Crippen LogP contribution in [0.5, 0.6) is 0 Å². The minimum absolute atomic E-state index is 0.281. The summed E-state index contributed by atoms with van der Waals surface area (Å²) in [5.74, 6) is 0. The minimum atomic E-state index is -0.482. The lowest BCUT2D eigenvalue weighted by atomic mass is 10.1. The van der Waals surface area contributed by atoms with Gasteiger partial charge in [-0.3, -0.25) is 4.84 Å². The number of carbonyl (C=O) groups excluding carboxylic acids is 1. The van der Waals surface area contributed by atoms with Gasteiger partial charge in [0.15, 0.2) is 6.29 Å². The number of nitrogens with zero attached hydrogens (tertiary/aromatic N) is 2. The topological polar surface area (TPSA) is 51.2 Å². The van der Waals surface area contributed by atoms with E-state index in [-0.39, 0.29) is 12.4 Å². The van der Waals surface area contributed by atoms with Gasteiger partial charge in [0.25, 0.3) is 0 Å². The molecule has 1 aliphatic heterocycles. The number of amides is 1. The zero-order valence-corrected chi connectivity index (χ0v) is 16.1. The number of halogens is 1. The Kier molecular flexibility index (Phi) is 7.07. The van der Waals surface area contributed by atoms with Gasteiger partial charge in [0, 0.05) is 44.7 Å². The van der Waals surface area contributed by atoms with E-state index < -0.39 is 5.60 Å². The largest absolute Gasteiger partial charge is 0.444 e. The van der Waals surface area contributed by atoms with Crippen molar-refractivity contribution in [1.29, 1.82) is 0 Å². The smallest absolute Gasteiger partial charge is 0.410 e. The van der Waals surface area contributed by atoms with Crippen LogP contribution < -0.4 is 0 Å². The first-order valence-electron chi connectivity index (χ1n) is 8.44. The van der Waals surface area contributed by atoms with Crippen LogP contribution in [0, 0.1) is 0 Å². The highest BCUT2D eigenvalue weighted by molar-refractivity contribution is 6.30. The highest BCUT2D eigenvalue weighted by Gasteiger charge is 2.27. The molecule has 1 aromatic rings. The highest BCUT2D eigenvalue weighted by Crippen LogP contribution is 2.15. The molecular weight excluding hydrogens is 344 g/mol. The van der Waals surface area contributed by atoms with Gasteiger partial charge in [0.05, 0.1) is 0 Å². The third-order valence-corrected chi connectivity index (χ3v) is 3.99. The molecule has 0 saturated carbocycles. The molecule has 2 rings (SSSR count). The fraction of sp³-hybridized carbons (Fsp3) is 0.611. The predicted octanol–water partition coefficient (Wildman–Crippen LogP) is 3.34. The van der Waals surface area contributed by atoms with Gasteiger partial charge in [-0.2, -0.15) is 5.06 Å². The molecule has 1 atom stereocenters. The maximum atomic E-state index is 12.1. The summed E-state index contributed by atoms with van der Waals surface area (Å²) in [5.41, 5.74) is 0.605. The Morgan fingerprint density at radius 1 is 1.16 bits per heavy atom. The Labute approximate surface area is 154 Å². The molecule has 25 heavy (non-hydrogen) atoms. The highest BCUT2D eigenvalue weighted by atomic mass is 35.5. The van der Waals surface area contributed by atoms with E-state index in [1.807, 2.05) is 50.1 Å². The number of benzene rings is 1. The van der Waals surface area contributed by atoms with Crippen LogP contribution in [0.2, 0.25) is 5.02 Å². The molecule has 1 aromatic carbocycles. The average molecular weight is 371 g/mol. The fourth-order valence-electron chi connectivity index (χ4n) is 2.45. The van der Waals surface area contributed by atoms with Crippen molar-refractivity contribution in [2.45, 2.75) is 39.1 Å². The number of piperazine rings is 1. The molecule has 0 aromatic heterocycles. The summed E-state index contributed by atoms with van der Waals surface area (Å²) in [6.07, 6.45) is -0.0363. The molecule has 1 amide bonds. The van der Waals surface area contributed by atoms with Gasteiger partial charge in [-0.05, 0) is 38.5 Å². The van der Waals surface area contributed by atoms with Crippen molar-refractivity contribution < 1.29 is 19.1 Å². The molecule has 1 saturated heterocycles. The third kappa shape index (κ3) is 6.82. The van der Waals surface area contributed by atoms with Crippen LogP contribution in [0.3, 0.4) is 0 Å². The monoisotopic (exact) mass is 370 g/mol. The number of ether oxygens (including phenoxy) is 2. The summed E-state index contributed by atoms with van der Waals surface area (Å²) in [6, 6.07) is 7.61. The Morgan fingerprint density at radius 2 is 1.76 bits per heavy atom. The Balaban J connectivity index is 1.79. The van der Waals surface area contributed by atoms with Crippen molar-refractivity contribution in [3.63, 3.8) is 0 Å². The van der Waals surface area contributed by atoms with Gasteiger partial charge in [-0.1, -0.05) is 23.7 Å². The number of hydrogen-bond donors (Lipinski definition) is 0. The number of methoxy groups -OCH3 is 1. The van der Waals surface area contributed by atoms with Crippen LogP contribution >= 0.6 is 11.6 Å². The van der Waals surface area contributed by atoms with Gasteiger partial charge in [0.2, 0.25) is 0 Å². The van der Waals surface area contributed by atoms with Gasteiger partial charge in [-0.25, -0.2) is 4.79 Å². The second kappa shape index (κ2) is 8.85. The van der Waals surface area contributed by atoms with Crippen molar-refractivity contribution >= 4 is 17.7 Å². The lowest BCUT2D eigenvalue weighted by molar-refractivity contribution is -0.279. The molecule has 140 valence electrons. The number of carbonyl (C=O) groups is 1. The first-order chi connectivity index (χ1) is 11.8. The van der Waals surface area contributed by atoms with Crippen LogP contribution in [0.15, 0.2) is 24.3 Å². The van der Waals surface area contributed by atoms with E-state index in [2.05, 4.69) is 0 Å². The number of hydroxylamine groups is 2. The molecule has 1 unspecified atom stereocenters. The van der Waals surface area contributed by atoms with Gasteiger partial charge in [-0.15, -0.1) is 0 Å². The Hall–Kier alpha value is -1.34. The van der Waals surface area contributed by atoms with E-state index >= 15 is 0 Å². The summed E-state index contributed by atoms with van der Waals surface area (Å²) in [7, 11) is 1.62. The molecule has 1 heterocycles. The van der Waals surface area contributed by atoms with Crippen molar-refractivity contribution in [3.05, 3.63) is 34.9 Å². The van der Waals surface area contributed by atoms with E-state index in [4.69, 9.17) is 25.9 Å². The normalized spacial score (nSPS) is 17.4. The predicted molar refractivity (Wildman–Crippen MR) is 96.4 cm³/mol. The van der Waals surface area contributed by atoms with Crippen molar-refractivity contribution in [2.75, 3.05) is 33.3 Å². The summed E-state index contributed by atoms with van der Waals surface area (Å²) in [4.78, 5) is 19.7. The molecule has 0 spiro atoms. The van der Waals surface area contributed by atoms with E-state index in [9.17, 15) is 4.79 Å². The quantitative estimate of drug-likeness (QED) is 0.744. The van der Waals surface area contributed by atoms with Crippen molar-refractivity contribution in [3.8, 4) is 0 Å². The molecule has 1 aliphatic rings. The summed E-state index contributed by atoms with van der Waals surface area (Å²) >= 11 is 5.90. The van der Waals surface area contributed by atoms with Gasteiger partial charge >= 0.3 is 6.09 Å². The molecular formula is C18H27ClN2O4. The van der Waals surface area contributed by atoms with Gasteiger partial charge in [0.1, 0.15) is 5.60 Å². The molecule has 0 bridgehead atoms. The van der Waals surface area contributed by atoms with E-state index in [1.165, 1.54) is 0 Å². The van der Waals surface area contributed by atoms with Crippen molar-refractivity contribution in [1.82, 2.24) is 9.96 Å². The second-order valence-electron chi connectivity index (χ2n) is 7.00. The summed E-state index contributed by atoms with van der Waals surface area (Å²) in [5, 5.41) is 2.54. The average Bonchev–Trinajstić information content (AvgIpc) is 2.55. The standard InChI is InChI=1S/C18H27ClN2O4/c1-18(2,3)24-17(22)20-9-11-21(12-10-20)25-16(23-4)13-14-5-7-15(19)8-6-14/h5-8,16H,9-13H2,1-4H3. The summed E-state index contributed by atoms with van der Waals surface area (Å²) < 4.78 is 10.8. The minimum Gasteiger partial charge on any atom is -0.444 e. The van der Waals surface area contributed by atoms with Gasteiger partial charge < -0.3 is 14.4 Å². The Morgan fingerprint density at radius 3 is 2.28 bits per heavy atom. The lowest BCUT2D eigenvalue weighted by Crippen LogP contribution is -2.51. The summed E-state index contributed by atoms with van der Waals surface area (Å²) in [6.45, 7) is 7.94. The lowest BCUT2D eigenvalue weighted by Gasteiger charge is -2.36. The zero-order valence-electron chi connectivity index (χ0n) is 15.3. The molecule has 0 N–H and O–H groups in total. The first kappa shape index (κ1) is 20.0. The maximum absolute atomic E-state index is 12.1. The van der Waals surface area contributed by atoms with Crippen LogP contribution in [-0.2, 0) is 20.7 Å². The second-order valence-corrected chi connectivity index (χ2v) is 7.43. The van der Waals surface area contributed by atoms with E-state index in [0.717, 1.165) is 5.56 Å². The molecule has 6 nitrogen and oxygen atoms in total. The Bertz CT molecular complexity index is 551. The maximum Gasteiger partial charge on any atom is 0.410 e. The SMILES string of the molecule is COC(Cc1ccc(Cl)cc1)ON1CCN(C(=O)OC(C)(C)C)CC1. The van der Waals surface area contributed by atoms with Crippen LogP contribution in [0.1, 0.15) is 26.3 Å². The van der Waals surface area contributed by atoms with E-state index in [1.54, 1.807) is 12.0 Å². The van der Waals surface area contributed by atoms with Crippen LogP contribution in [-0.4, -0.2) is 61.2 Å². The van der Waals surface area contributed by atoms with Crippen molar-refractivity contribution in [2.24, 2.45) is 0 Å². The number of rotatable bonds is 5. The van der Waals surface area contributed by atoms with E-state index in [0.29, 0.717) is 37.6 Å². The zero-order chi connectivity index (χ0) is 18.4. The first-order valence-corrected chi connectivity index (χ1v) is 8.81. The molecule has 1 fully saturated rings.